The molecule has 0 saturated carbocycles. The first-order valence-electron chi connectivity index (χ1n) is 21.2. The van der Waals surface area contributed by atoms with Gasteiger partial charge in [-0.2, -0.15) is 0 Å². The number of hydrogen-bond acceptors (Lipinski definition) is 19. The van der Waals surface area contributed by atoms with E-state index < -0.39 is 44.3 Å². The molecule has 2 aromatic carbocycles. The molecule has 4 aromatic heterocycles. The van der Waals surface area contributed by atoms with Crippen molar-refractivity contribution in [2.45, 2.75) is 91.6 Å². The van der Waals surface area contributed by atoms with Crippen molar-refractivity contribution in [1.29, 1.82) is 0 Å². The monoisotopic (exact) mass is 1060 g/mol. The number of rotatable bonds is 8. The molecule has 1 saturated heterocycles. The number of nitrogens with zero attached hydrogens (tertiary/aromatic N) is 7. The van der Waals surface area contributed by atoms with Crippen LogP contribution in [0.4, 0.5) is 0 Å². The largest absolute Gasteiger partial charge is 0.353 e. The number of pyridine rings is 2. The fourth-order valence-corrected chi connectivity index (χ4v) is 9.68. The molecule has 70 heavy (non-hydrogen) atoms. The number of para-hydroxylation sites is 2. The van der Waals surface area contributed by atoms with Crippen LogP contribution in [0.1, 0.15) is 53.9 Å². The van der Waals surface area contributed by atoms with Crippen molar-refractivity contribution in [3.8, 4) is 0 Å². The maximum absolute atomic E-state index is 11.4. The second kappa shape index (κ2) is 26.5. The van der Waals surface area contributed by atoms with Gasteiger partial charge in [0.15, 0.2) is 26.0 Å². The minimum atomic E-state index is -3.23. The van der Waals surface area contributed by atoms with E-state index in [4.69, 9.17) is 9.47 Å². The first-order valence-corrected chi connectivity index (χ1v) is 29.6. The molecule has 0 N–H and O–H groups in total. The zero-order valence-corrected chi connectivity index (χ0v) is 44.1. The van der Waals surface area contributed by atoms with Gasteiger partial charge < -0.3 is 14.4 Å². The summed E-state index contributed by atoms with van der Waals surface area (Å²) in [6.45, 7) is 10.3. The maximum Gasteiger partial charge on any atom is 0.273 e. The lowest BCUT2D eigenvalue weighted by Gasteiger charge is -2.24. The van der Waals surface area contributed by atoms with Crippen molar-refractivity contribution < 1.29 is 52.9 Å². The highest BCUT2D eigenvalue weighted by atomic mass is 32.2. The molecule has 6 aromatic rings. The first kappa shape index (κ1) is 58.6. The molecule has 1 unspecified atom stereocenters. The van der Waals surface area contributed by atoms with Crippen LogP contribution < -0.4 is 0 Å². The minimum absolute atomic E-state index is 0.0138. The van der Waals surface area contributed by atoms with Crippen LogP contribution in [0.5, 0.6) is 0 Å². The summed E-state index contributed by atoms with van der Waals surface area (Å²) in [5.41, 5.74) is 1.57. The Bertz CT molecular complexity index is 3060. The highest BCUT2D eigenvalue weighted by Crippen LogP contribution is 2.25. The van der Waals surface area contributed by atoms with Gasteiger partial charge in [-0.3, -0.25) is 24.9 Å². The maximum atomic E-state index is 11.4. The van der Waals surface area contributed by atoms with E-state index in [1.807, 2.05) is 58.0 Å². The van der Waals surface area contributed by atoms with Gasteiger partial charge in [0.25, 0.3) is 11.6 Å². The van der Waals surface area contributed by atoms with E-state index >= 15 is 0 Å². The Hall–Kier alpha value is -5.70. The van der Waals surface area contributed by atoms with Crippen molar-refractivity contribution in [2.24, 2.45) is 0 Å². The highest BCUT2D eigenvalue weighted by Gasteiger charge is 2.36. The van der Waals surface area contributed by atoms with Crippen LogP contribution in [-0.2, 0) is 53.6 Å². The number of carbonyl (C=O) groups is 1. The van der Waals surface area contributed by atoms with Crippen LogP contribution in [0.2, 0.25) is 0 Å². The van der Waals surface area contributed by atoms with E-state index in [2.05, 4.69) is 24.9 Å². The summed E-state index contributed by atoms with van der Waals surface area (Å²) in [6, 6.07) is 20.7. The van der Waals surface area contributed by atoms with Crippen LogP contribution in [0, 0.1) is 10.1 Å². The van der Waals surface area contributed by atoms with Crippen molar-refractivity contribution in [3.63, 3.8) is 0 Å². The smallest absolute Gasteiger partial charge is 0.273 e. The summed E-state index contributed by atoms with van der Waals surface area (Å²) in [7, 11) is -12.6. The summed E-state index contributed by atoms with van der Waals surface area (Å²) in [5, 5.41) is 11.2. The third-order valence-corrected chi connectivity index (χ3v) is 15.1. The molecule has 1 atom stereocenters. The standard InChI is InChI=1S/C10H9NO2S.C8H12N2O3.C8H7NO2S2.C8H16O2.C6H7NO2S.C5H6N2O2S/c1-14(12,13)9-6-2-4-8-5-3-7-11-10(8)9;1-5(2)9-4-7(10(12)13)6(3)8(9)11;1-13(10,11)8-9-6-4-2-3-5-7(6)12-8;1-7(2)10-8-5-3-4-6-9-8;1-10(8,9)6-2-4-7-5-3-6;1-10(8,9)5-6-3-2-4-7-5/h2-7H,1H3;5H,4H2,1-3H3;2-5H,1H3;7-8H,3-6H2,1-2H3;2-5H,1H3;2-4H,1H3. The fourth-order valence-electron chi connectivity index (χ4n) is 5.87. The van der Waals surface area contributed by atoms with Crippen LogP contribution in [0.25, 0.3) is 21.1 Å². The number of aromatic nitrogens is 5. The van der Waals surface area contributed by atoms with Crippen molar-refractivity contribution in [2.75, 3.05) is 38.2 Å². The Kier molecular flexibility index (Phi) is 22.2. The minimum Gasteiger partial charge on any atom is -0.353 e. The van der Waals surface area contributed by atoms with Gasteiger partial charge in [0.2, 0.25) is 29.2 Å². The zero-order valence-electron chi connectivity index (χ0n) is 40.1. The topological polar surface area (TPSA) is 283 Å². The van der Waals surface area contributed by atoms with E-state index in [1.165, 1.54) is 91.7 Å². The van der Waals surface area contributed by atoms with Crippen LogP contribution >= 0.6 is 11.3 Å². The molecule has 20 nitrogen and oxygen atoms in total. The van der Waals surface area contributed by atoms with Crippen LogP contribution in [0.3, 0.4) is 0 Å². The Morgan fingerprint density at radius 2 is 1.36 bits per heavy atom. The molecule has 2 aliphatic rings. The van der Waals surface area contributed by atoms with Gasteiger partial charge in [0, 0.05) is 74.0 Å². The van der Waals surface area contributed by atoms with Crippen LogP contribution in [-0.4, -0.2) is 131 Å². The van der Waals surface area contributed by atoms with Crippen molar-refractivity contribution >= 4 is 77.7 Å². The molecule has 8 rings (SSSR count). The van der Waals surface area contributed by atoms with Gasteiger partial charge in [-0.05, 0) is 96.3 Å². The molecule has 0 spiro atoms. The number of hydrogen-bond donors (Lipinski definition) is 0. The summed E-state index contributed by atoms with van der Waals surface area (Å²) in [5.74, 6) is -0.221. The van der Waals surface area contributed by atoms with E-state index in [9.17, 15) is 48.6 Å². The molecule has 0 radical (unpaired) electrons. The Morgan fingerprint density at radius 3 is 1.81 bits per heavy atom. The number of benzene rings is 2. The molecule has 0 bridgehead atoms. The van der Waals surface area contributed by atoms with E-state index in [0.29, 0.717) is 16.5 Å². The highest BCUT2D eigenvalue weighted by molar-refractivity contribution is 7.92. The molecule has 0 aliphatic carbocycles. The molecule has 1 fully saturated rings. The van der Waals surface area contributed by atoms with Gasteiger partial charge in [0.1, 0.15) is 6.54 Å². The van der Waals surface area contributed by atoms with Crippen molar-refractivity contribution in [1.82, 2.24) is 29.8 Å². The number of carbonyl (C=O) groups excluding carboxylic acids is 1. The summed E-state index contributed by atoms with van der Waals surface area (Å²) < 4.78 is 100. The number of sulfone groups is 4. The van der Waals surface area contributed by atoms with Gasteiger partial charge in [-0.1, -0.05) is 30.3 Å². The SMILES string of the molecule is CC(C)OC1CCCCO1.CC1=C([N+](=O)[O-])CN(C(C)C)C1=O.CS(=O)(=O)c1cccc2cccnc12.CS(=O)(=O)c1ccncc1.CS(=O)(=O)c1nc2ccccc2s1.CS(=O)(=O)c1ncccn1. The Balaban J connectivity index is 0.000000223. The number of nitro groups is 1. The molecular formula is C45H57N7O13S5. The van der Waals surface area contributed by atoms with Gasteiger partial charge in [0.05, 0.1) is 42.1 Å². The lowest BCUT2D eigenvalue weighted by molar-refractivity contribution is -0.427. The third kappa shape index (κ3) is 19.2. The molecule has 25 heteroatoms. The quantitative estimate of drug-likeness (QED) is 0.0901. The lowest BCUT2D eigenvalue weighted by atomic mass is 10.2. The van der Waals surface area contributed by atoms with E-state index in [1.54, 1.807) is 36.5 Å². The average Bonchev–Trinajstić information content (AvgIpc) is 3.88. The second-order valence-electron chi connectivity index (χ2n) is 15.9. The van der Waals surface area contributed by atoms with Crippen molar-refractivity contribution in [3.05, 3.63) is 125 Å². The number of thiazole rings is 1. The second-order valence-corrected chi connectivity index (χ2v) is 25.0. The summed E-state index contributed by atoms with van der Waals surface area (Å²) >= 11 is 1.21. The first-order chi connectivity index (χ1) is 32.6. The number of fused-ring (bicyclic) bond motifs is 2. The predicted molar refractivity (Wildman–Crippen MR) is 266 cm³/mol. The zero-order chi connectivity index (χ0) is 52.5. The van der Waals surface area contributed by atoms with E-state index in [-0.39, 0.29) is 50.4 Å². The predicted octanol–water partition coefficient (Wildman–Crippen LogP) is 6.43. The van der Waals surface area contributed by atoms with Gasteiger partial charge >= 0.3 is 0 Å². The third-order valence-electron chi connectivity index (χ3n) is 9.28. The molecule has 380 valence electrons. The molecule has 2 aliphatic heterocycles. The lowest BCUT2D eigenvalue weighted by Crippen LogP contribution is -2.33. The Labute approximate surface area is 413 Å². The average molecular weight is 1060 g/mol. The molecular weight excluding hydrogens is 1010 g/mol. The number of amides is 1. The molecule has 6 heterocycles. The van der Waals surface area contributed by atoms with E-state index in [0.717, 1.165) is 34.9 Å². The fraction of sp³-hybridized carbons (Fsp3) is 0.378. The summed E-state index contributed by atoms with van der Waals surface area (Å²) in [6.07, 6.45) is 15.8. The Morgan fingerprint density at radius 1 is 0.743 bits per heavy atom. The van der Waals surface area contributed by atoms with Crippen LogP contribution in [0.15, 0.2) is 134 Å². The van der Waals surface area contributed by atoms with Gasteiger partial charge in [-0.25, -0.2) is 48.6 Å². The van der Waals surface area contributed by atoms with Gasteiger partial charge in [-0.15, -0.1) is 11.3 Å². The summed E-state index contributed by atoms with van der Waals surface area (Å²) in [4.78, 5) is 42.4. The number of ether oxygens (including phenoxy) is 2. The normalized spacial score (nSPS) is 15.0. The molecule has 1 amide bonds.